The summed E-state index contributed by atoms with van der Waals surface area (Å²) in [7, 11) is -2.76. The highest BCUT2D eigenvalue weighted by Crippen LogP contribution is 2.34. The van der Waals surface area contributed by atoms with Crippen molar-refractivity contribution < 1.29 is 22.7 Å². The predicted molar refractivity (Wildman–Crippen MR) is 178 cm³/mol. The number of nitrogens with zero attached hydrogens (tertiary/aromatic N) is 2. The molecule has 1 atom stereocenters. The Bertz CT molecular complexity index is 1680. The van der Waals surface area contributed by atoms with E-state index in [1.54, 1.807) is 30.3 Å². The Morgan fingerprint density at radius 2 is 1.44 bits per heavy atom. The molecule has 0 aliphatic carbocycles. The number of hydrogen-bond acceptors (Lipinski definition) is 5. The molecule has 236 valence electrons. The number of nitrogens with one attached hydrogen (secondary N) is 1. The summed E-state index contributed by atoms with van der Waals surface area (Å²) >= 11 is 0. The van der Waals surface area contributed by atoms with Crippen molar-refractivity contribution in [2.24, 2.45) is 0 Å². The van der Waals surface area contributed by atoms with E-state index in [1.165, 1.54) is 24.1 Å². The Balaban J connectivity index is 1.83. The lowest BCUT2D eigenvalue weighted by atomic mass is 10.0. The van der Waals surface area contributed by atoms with E-state index in [0.29, 0.717) is 12.3 Å². The van der Waals surface area contributed by atoms with Crippen molar-refractivity contribution in [1.29, 1.82) is 0 Å². The lowest BCUT2D eigenvalue weighted by Gasteiger charge is -2.34. The molecular weight excluding hydrogens is 586 g/mol. The van der Waals surface area contributed by atoms with E-state index >= 15 is 0 Å². The van der Waals surface area contributed by atoms with Crippen molar-refractivity contribution >= 4 is 27.5 Å². The Morgan fingerprint density at radius 3 is 2.07 bits per heavy atom. The lowest BCUT2D eigenvalue weighted by Crippen LogP contribution is -2.53. The third kappa shape index (κ3) is 8.51. The van der Waals surface area contributed by atoms with Crippen LogP contribution in [0.5, 0.6) is 5.75 Å². The maximum Gasteiger partial charge on any atom is 0.264 e. The molecule has 0 aliphatic rings. The smallest absolute Gasteiger partial charge is 0.264 e. The van der Waals surface area contributed by atoms with Gasteiger partial charge in [-0.1, -0.05) is 91.3 Å². The van der Waals surface area contributed by atoms with E-state index in [0.717, 1.165) is 33.0 Å². The molecule has 0 saturated carbocycles. The molecule has 0 bridgehead atoms. The molecule has 45 heavy (non-hydrogen) atoms. The van der Waals surface area contributed by atoms with Crippen LogP contribution in [0.3, 0.4) is 0 Å². The van der Waals surface area contributed by atoms with Crippen LogP contribution in [0.1, 0.15) is 35.6 Å². The molecule has 2 amide bonds. The molecule has 1 N–H and O–H groups in total. The second-order valence-corrected chi connectivity index (χ2v) is 12.9. The van der Waals surface area contributed by atoms with Crippen LogP contribution in [0.15, 0.2) is 108 Å². The van der Waals surface area contributed by atoms with Crippen LogP contribution in [0, 0.1) is 13.8 Å². The molecule has 0 radical (unpaired) electrons. The molecule has 9 heteroatoms. The van der Waals surface area contributed by atoms with Gasteiger partial charge in [0.1, 0.15) is 18.3 Å². The summed E-state index contributed by atoms with van der Waals surface area (Å²) in [6.07, 6.45) is 0.985. The summed E-state index contributed by atoms with van der Waals surface area (Å²) in [5.74, 6) is -0.516. The Kier molecular flexibility index (Phi) is 11.4. The summed E-state index contributed by atoms with van der Waals surface area (Å²) in [5, 5.41) is 2.97. The molecular formula is C36H41N3O5S. The maximum atomic E-state index is 14.6. The maximum absolute atomic E-state index is 14.6. The first kappa shape index (κ1) is 33.3. The number of carbonyl (C=O) groups is 2. The number of benzene rings is 4. The van der Waals surface area contributed by atoms with Crippen LogP contribution in [-0.4, -0.2) is 51.4 Å². The average molecular weight is 628 g/mol. The zero-order chi connectivity index (χ0) is 32.4. The van der Waals surface area contributed by atoms with Crippen LogP contribution < -0.4 is 14.4 Å². The van der Waals surface area contributed by atoms with Crippen LogP contribution in [0.25, 0.3) is 0 Å². The number of hydrogen-bond donors (Lipinski definition) is 1. The molecule has 4 aromatic carbocycles. The fourth-order valence-corrected chi connectivity index (χ4v) is 6.48. The monoisotopic (exact) mass is 627 g/mol. The molecule has 4 rings (SSSR count). The van der Waals surface area contributed by atoms with Gasteiger partial charge < -0.3 is 15.0 Å². The van der Waals surface area contributed by atoms with Gasteiger partial charge in [0.15, 0.2) is 0 Å². The standard InChI is InChI=1S/C36H41N3O5S/c1-5-22-37-36(41)33(24-29-12-8-6-9-13-29)38(25-30-19-16-27(2)17-20-30)35(40)26-39(32-23-28(3)18-21-34(32)44-4)45(42,43)31-14-10-7-11-15-31/h6-21,23,33H,5,22,24-26H2,1-4H3,(H,37,41). The third-order valence-corrected chi connectivity index (χ3v) is 9.28. The van der Waals surface area contributed by atoms with Gasteiger partial charge in [0.25, 0.3) is 10.0 Å². The van der Waals surface area contributed by atoms with Gasteiger partial charge in [-0.25, -0.2) is 8.42 Å². The second-order valence-electron chi connectivity index (χ2n) is 11.0. The average Bonchev–Trinajstić information content (AvgIpc) is 3.05. The van der Waals surface area contributed by atoms with Crippen molar-refractivity contribution in [2.75, 3.05) is 24.5 Å². The summed E-state index contributed by atoms with van der Waals surface area (Å²) in [5.41, 5.74) is 3.79. The minimum absolute atomic E-state index is 0.0352. The molecule has 0 heterocycles. The number of anilines is 1. The number of amides is 2. The first-order valence-corrected chi connectivity index (χ1v) is 16.5. The molecule has 0 saturated heterocycles. The fourth-order valence-electron chi connectivity index (χ4n) is 5.04. The number of ether oxygens (including phenoxy) is 1. The fraction of sp³-hybridized carbons (Fsp3) is 0.278. The van der Waals surface area contributed by atoms with Gasteiger partial charge in [-0.2, -0.15) is 0 Å². The van der Waals surface area contributed by atoms with Gasteiger partial charge in [0.2, 0.25) is 11.8 Å². The largest absolute Gasteiger partial charge is 0.495 e. The number of sulfonamides is 1. The highest BCUT2D eigenvalue weighted by atomic mass is 32.2. The van der Waals surface area contributed by atoms with Gasteiger partial charge >= 0.3 is 0 Å². The van der Waals surface area contributed by atoms with E-state index in [4.69, 9.17) is 4.74 Å². The van der Waals surface area contributed by atoms with E-state index in [9.17, 15) is 18.0 Å². The van der Waals surface area contributed by atoms with Crippen LogP contribution in [0.4, 0.5) is 5.69 Å². The molecule has 0 spiro atoms. The van der Waals surface area contributed by atoms with Crippen molar-refractivity contribution in [3.05, 3.63) is 125 Å². The third-order valence-electron chi connectivity index (χ3n) is 7.51. The van der Waals surface area contributed by atoms with E-state index in [2.05, 4.69) is 5.32 Å². The van der Waals surface area contributed by atoms with Crippen molar-refractivity contribution in [1.82, 2.24) is 10.2 Å². The van der Waals surface area contributed by atoms with Crippen LogP contribution in [-0.2, 0) is 32.6 Å². The quantitative estimate of drug-likeness (QED) is 0.194. The van der Waals surface area contributed by atoms with Crippen LogP contribution >= 0.6 is 0 Å². The summed E-state index contributed by atoms with van der Waals surface area (Å²) < 4.78 is 35.1. The topological polar surface area (TPSA) is 96.0 Å². The first-order valence-electron chi connectivity index (χ1n) is 15.0. The molecule has 0 aromatic heterocycles. The zero-order valence-electron chi connectivity index (χ0n) is 26.3. The Hall–Kier alpha value is -4.63. The van der Waals surface area contributed by atoms with Crippen LogP contribution in [0.2, 0.25) is 0 Å². The van der Waals surface area contributed by atoms with Crippen molar-refractivity contribution in [3.63, 3.8) is 0 Å². The molecule has 8 nitrogen and oxygen atoms in total. The van der Waals surface area contributed by atoms with Gasteiger partial charge in [0, 0.05) is 19.5 Å². The van der Waals surface area contributed by atoms with Crippen molar-refractivity contribution in [2.45, 2.75) is 51.1 Å². The normalized spacial score (nSPS) is 11.8. The minimum atomic E-state index is -4.22. The number of carbonyl (C=O) groups excluding carboxylic acids is 2. The summed E-state index contributed by atoms with van der Waals surface area (Å²) in [4.78, 5) is 29.9. The van der Waals surface area contributed by atoms with Gasteiger partial charge in [0.05, 0.1) is 17.7 Å². The second kappa shape index (κ2) is 15.4. The molecule has 0 fully saturated rings. The van der Waals surface area contributed by atoms with E-state index in [1.807, 2.05) is 81.4 Å². The Labute approximate surface area is 266 Å². The summed E-state index contributed by atoms with van der Waals surface area (Å²) in [6, 6.07) is 29.5. The molecule has 4 aromatic rings. The SMILES string of the molecule is CCCNC(=O)C(Cc1ccccc1)N(Cc1ccc(C)cc1)C(=O)CN(c1cc(C)ccc1OC)S(=O)(=O)c1ccccc1. The molecule has 0 aliphatic heterocycles. The van der Waals surface area contributed by atoms with Crippen molar-refractivity contribution in [3.8, 4) is 5.75 Å². The van der Waals surface area contributed by atoms with E-state index < -0.39 is 28.5 Å². The van der Waals surface area contributed by atoms with E-state index in [-0.39, 0.29) is 29.5 Å². The highest BCUT2D eigenvalue weighted by molar-refractivity contribution is 7.92. The Morgan fingerprint density at radius 1 is 0.822 bits per heavy atom. The van der Waals surface area contributed by atoms with Gasteiger partial charge in [-0.3, -0.25) is 13.9 Å². The lowest BCUT2D eigenvalue weighted by molar-refractivity contribution is -0.140. The minimum Gasteiger partial charge on any atom is -0.495 e. The van der Waals surface area contributed by atoms with Gasteiger partial charge in [-0.05, 0) is 61.2 Å². The molecule has 1 unspecified atom stereocenters. The first-order chi connectivity index (χ1) is 21.6. The zero-order valence-corrected chi connectivity index (χ0v) is 27.1. The number of methoxy groups -OCH3 is 1. The predicted octanol–water partition coefficient (Wildman–Crippen LogP) is 5.67. The highest BCUT2D eigenvalue weighted by Gasteiger charge is 2.35. The summed E-state index contributed by atoms with van der Waals surface area (Å²) in [6.45, 7) is 5.80. The van der Waals surface area contributed by atoms with Gasteiger partial charge in [-0.15, -0.1) is 0 Å². The number of aryl methyl sites for hydroxylation is 2. The number of rotatable bonds is 14.